The molecule has 7 heteroatoms. The Balaban J connectivity index is 2.60. The van der Waals surface area contributed by atoms with Crippen molar-refractivity contribution < 1.29 is 8.78 Å². The SMILES string of the molecule is N=C(N)c1cc(F)c(-n2cc(Br)cn2)c(F)c1. The maximum absolute atomic E-state index is 13.7. The number of amidine groups is 1. The van der Waals surface area contributed by atoms with Crippen molar-refractivity contribution in [2.24, 2.45) is 5.73 Å². The van der Waals surface area contributed by atoms with E-state index in [2.05, 4.69) is 21.0 Å². The summed E-state index contributed by atoms with van der Waals surface area (Å²) in [4.78, 5) is 0. The van der Waals surface area contributed by atoms with Crippen LogP contribution in [0.25, 0.3) is 5.69 Å². The van der Waals surface area contributed by atoms with Crippen LogP contribution in [0.2, 0.25) is 0 Å². The van der Waals surface area contributed by atoms with Crippen LogP contribution in [-0.2, 0) is 0 Å². The van der Waals surface area contributed by atoms with E-state index in [1.807, 2.05) is 0 Å². The van der Waals surface area contributed by atoms with Crippen LogP contribution in [0.5, 0.6) is 0 Å². The highest BCUT2D eigenvalue weighted by molar-refractivity contribution is 9.10. The molecule has 88 valence electrons. The second kappa shape index (κ2) is 4.25. The molecule has 0 radical (unpaired) electrons. The molecular formula is C10H7BrF2N4. The van der Waals surface area contributed by atoms with Crippen LogP contribution in [0.15, 0.2) is 29.0 Å². The average molecular weight is 301 g/mol. The van der Waals surface area contributed by atoms with Crippen molar-refractivity contribution >= 4 is 21.8 Å². The molecule has 0 amide bonds. The Morgan fingerprint density at radius 2 is 1.94 bits per heavy atom. The number of halogens is 3. The van der Waals surface area contributed by atoms with Gasteiger partial charge in [-0.1, -0.05) is 0 Å². The smallest absolute Gasteiger partial charge is 0.152 e. The highest BCUT2D eigenvalue weighted by Gasteiger charge is 2.15. The minimum absolute atomic E-state index is 0.00466. The molecule has 2 aromatic rings. The first-order chi connectivity index (χ1) is 7.99. The maximum Gasteiger partial charge on any atom is 0.152 e. The standard InChI is InChI=1S/C10H7BrF2N4/c11-6-3-16-17(4-6)9-7(12)1-5(10(14)15)2-8(9)13/h1-4H,(H3,14,15). The zero-order chi connectivity index (χ0) is 12.6. The molecule has 0 saturated heterocycles. The fourth-order valence-electron chi connectivity index (χ4n) is 1.36. The Kier molecular flexibility index (Phi) is 2.93. The molecule has 2 rings (SSSR count). The predicted molar refractivity (Wildman–Crippen MR) is 62.2 cm³/mol. The Bertz CT molecular complexity index is 571. The molecule has 1 aromatic heterocycles. The van der Waals surface area contributed by atoms with Crippen LogP contribution in [0.4, 0.5) is 8.78 Å². The van der Waals surface area contributed by atoms with Crippen LogP contribution in [0, 0.1) is 17.0 Å². The molecule has 1 heterocycles. The molecule has 0 atom stereocenters. The molecule has 3 N–H and O–H groups in total. The van der Waals surface area contributed by atoms with Crippen LogP contribution in [0.1, 0.15) is 5.56 Å². The number of benzene rings is 1. The Morgan fingerprint density at radius 1 is 1.35 bits per heavy atom. The van der Waals surface area contributed by atoms with Gasteiger partial charge in [-0.05, 0) is 28.1 Å². The van der Waals surface area contributed by atoms with E-state index in [-0.39, 0.29) is 11.3 Å². The van der Waals surface area contributed by atoms with Crippen molar-refractivity contribution in [1.82, 2.24) is 9.78 Å². The highest BCUT2D eigenvalue weighted by Crippen LogP contribution is 2.20. The van der Waals surface area contributed by atoms with Crippen LogP contribution in [-0.4, -0.2) is 15.6 Å². The first kappa shape index (κ1) is 11.7. The molecule has 17 heavy (non-hydrogen) atoms. The fourth-order valence-corrected chi connectivity index (χ4v) is 1.65. The van der Waals surface area contributed by atoms with Gasteiger partial charge in [0.25, 0.3) is 0 Å². The molecular weight excluding hydrogens is 294 g/mol. The molecule has 0 unspecified atom stereocenters. The summed E-state index contributed by atoms with van der Waals surface area (Å²) in [6.07, 6.45) is 2.84. The van der Waals surface area contributed by atoms with E-state index in [1.54, 1.807) is 0 Å². The number of rotatable bonds is 2. The fraction of sp³-hybridized carbons (Fsp3) is 0. The predicted octanol–water partition coefficient (Wildman–Crippen LogP) is 2.20. The van der Waals surface area contributed by atoms with Gasteiger partial charge in [-0.25, -0.2) is 13.5 Å². The minimum atomic E-state index is -0.828. The third kappa shape index (κ3) is 2.19. The third-order valence-electron chi connectivity index (χ3n) is 2.11. The Hall–Kier alpha value is -1.76. The molecule has 0 saturated carbocycles. The number of nitrogen functional groups attached to an aromatic ring is 1. The average Bonchev–Trinajstić information content (AvgIpc) is 2.63. The van der Waals surface area contributed by atoms with Crippen LogP contribution < -0.4 is 5.73 Å². The van der Waals surface area contributed by atoms with E-state index >= 15 is 0 Å². The third-order valence-corrected chi connectivity index (χ3v) is 2.52. The molecule has 0 aliphatic carbocycles. The first-order valence-electron chi connectivity index (χ1n) is 4.53. The Labute approximate surface area is 104 Å². The van der Waals surface area contributed by atoms with Gasteiger partial charge in [-0.15, -0.1) is 0 Å². The Morgan fingerprint density at radius 3 is 2.35 bits per heavy atom. The number of hydrogen-bond acceptors (Lipinski definition) is 2. The van der Waals surface area contributed by atoms with E-state index in [0.29, 0.717) is 4.47 Å². The first-order valence-corrected chi connectivity index (χ1v) is 5.32. The van der Waals surface area contributed by atoms with Gasteiger partial charge in [0.15, 0.2) is 11.6 Å². The molecule has 0 fully saturated rings. The van der Waals surface area contributed by atoms with Gasteiger partial charge in [0.1, 0.15) is 11.5 Å². The lowest BCUT2D eigenvalue weighted by atomic mass is 10.1. The van der Waals surface area contributed by atoms with Gasteiger partial charge in [-0.2, -0.15) is 5.10 Å². The lowest BCUT2D eigenvalue weighted by Gasteiger charge is -2.07. The summed E-state index contributed by atoms with van der Waals surface area (Å²) in [5, 5.41) is 10.9. The normalized spacial score (nSPS) is 10.5. The van der Waals surface area contributed by atoms with Gasteiger partial charge in [0.2, 0.25) is 0 Å². The van der Waals surface area contributed by atoms with Gasteiger partial charge >= 0.3 is 0 Å². The summed E-state index contributed by atoms with van der Waals surface area (Å²) in [5.74, 6) is -2.05. The number of hydrogen-bond donors (Lipinski definition) is 2. The van der Waals surface area contributed by atoms with Crippen molar-refractivity contribution in [3.63, 3.8) is 0 Å². The van der Waals surface area contributed by atoms with Gasteiger partial charge in [0, 0.05) is 11.8 Å². The van der Waals surface area contributed by atoms with E-state index in [0.717, 1.165) is 16.8 Å². The van der Waals surface area contributed by atoms with E-state index in [4.69, 9.17) is 11.1 Å². The molecule has 1 aromatic carbocycles. The molecule has 4 nitrogen and oxygen atoms in total. The van der Waals surface area contributed by atoms with Crippen molar-refractivity contribution in [3.05, 3.63) is 46.2 Å². The number of aromatic nitrogens is 2. The summed E-state index contributed by atoms with van der Waals surface area (Å²) in [5.41, 5.74) is 4.85. The number of nitrogens with one attached hydrogen (secondary N) is 1. The second-order valence-electron chi connectivity index (χ2n) is 3.31. The molecule has 0 bridgehead atoms. The van der Waals surface area contributed by atoms with Crippen molar-refractivity contribution in [2.45, 2.75) is 0 Å². The van der Waals surface area contributed by atoms with Gasteiger partial charge in [0.05, 0.1) is 10.7 Å². The van der Waals surface area contributed by atoms with E-state index in [9.17, 15) is 8.78 Å². The summed E-state index contributed by atoms with van der Waals surface area (Å²) < 4.78 is 29.1. The summed E-state index contributed by atoms with van der Waals surface area (Å²) in [6.45, 7) is 0. The highest BCUT2D eigenvalue weighted by atomic mass is 79.9. The van der Waals surface area contributed by atoms with Gasteiger partial charge in [-0.3, -0.25) is 5.41 Å². The van der Waals surface area contributed by atoms with Crippen LogP contribution >= 0.6 is 15.9 Å². The zero-order valence-corrected chi connectivity index (χ0v) is 10.0. The zero-order valence-electron chi connectivity index (χ0n) is 8.42. The van der Waals surface area contributed by atoms with Crippen LogP contribution in [0.3, 0.4) is 0 Å². The minimum Gasteiger partial charge on any atom is -0.384 e. The molecule has 0 spiro atoms. The lowest BCUT2D eigenvalue weighted by Crippen LogP contribution is -2.13. The van der Waals surface area contributed by atoms with E-state index in [1.165, 1.54) is 12.4 Å². The van der Waals surface area contributed by atoms with Gasteiger partial charge < -0.3 is 5.73 Å². The summed E-state index contributed by atoms with van der Waals surface area (Å²) in [6, 6.07) is 1.99. The summed E-state index contributed by atoms with van der Waals surface area (Å²) >= 11 is 3.13. The second-order valence-corrected chi connectivity index (χ2v) is 4.22. The van der Waals surface area contributed by atoms with Crippen molar-refractivity contribution in [3.8, 4) is 5.69 Å². The number of nitrogens with two attached hydrogens (primary N) is 1. The quantitative estimate of drug-likeness (QED) is 0.659. The lowest BCUT2D eigenvalue weighted by molar-refractivity contribution is 0.559. The van der Waals surface area contributed by atoms with Crippen molar-refractivity contribution in [1.29, 1.82) is 5.41 Å². The maximum atomic E-state index is 13.7. The molecule has 0 aliphatic heterocycles. The number of nitrogens with zero attached hydrogens (tertiary/aromatic N) is 2. The molecule has 0 aliphatic rings. The van der Waals surface area contributed by atoms with E-state index < -0.39 is 17.5 Å². The summed E-state index contributed by atoms with van der Waals surface area (Å²) in [7, 11) is 0. The van der Waals surface area contributed by atoms with Crippen molar-refractivity contribution in [2.75, 3.05) is 0 Å². The monoisotopic (exact) mass is 300 g/mol. The topological polar surface area (TPSA) is 67.7 Å². The largest absolute Gasteiger partial charge is 0.384 e.